The Bertz CT molecular complexity index is 1490. The molecule has 212 valence electrons. The summed E-state index contributed by atoms with van der Waals surface area (Å²) in [6.45, 7) is 6.86. The lowest BCUT2D eigenvalue weighted by molar-refractivity contribution is -0.120. The molecule has 1 aliphatic rings. The highest BCUT2D eigenvalue weighted by Crippen LogP contribution is 2.27. The maximum absolute atomic E-state index is 13.0. The molecule has 0 bridgehead atoms. The minimum atomic E-state index is -3.56. The quantitative estimate of drug-likeness (QED) is 0.314. The van der Waals surface area contributed by atoms with Crippen LogP contribution in [0.2, 0.25) is 10.0 Å². The van der Waals surface area contributed by atoms with Crippen molar-refractivity contribution < 1.29 is 18.0 Å². The summed E-state index contributed by atoms with van der Waals surface area (Å²) in [5, 5.41) is 6.47. The Balaban J connectivity index is 1.31. The monoisotopic (exact) mass is 601 g/mol. The van der Waals surface area contributed by atoms with Gasteiger partial charge in [0.2, 0.25) is 15.9 Å². The molecule has 2 amide bonds. The fraction of sp³-hybridized carbons (Fsp3) is 0.333. The van der Waals surface area contributed by atoms with Crippen LogP contribution in [0.4, 0.5) is 11.4 Å². The highest BCUT2D eigenvalue weighted by Gasteiger charge is 2.31. The molecule has 0 aromatic heterocycles. The topological polar surface area (TPSA) is 95.6 Å². The van der Waals surface area contributed by atoms with Gasteiger partial charge in [-0.2, -0.15) is 0 Å². The molecular weight excluding hydrogens is 569 g/mol. The van der Waals surface area contributed by atoms with Crippen LogP contribution in [0.1, 0.15) is 55.1 Å². The lowest BCUT2D eigenvalue weighted by Crippen LogP contribution is -2.41. The minimum Gasteiger partial charge on any atom is -0.326 e. The first-order chi connectivity index (χ1) is 18.8. The van der Waals surface area contributed by atoms with Gasteiger partial charge < -0.3 is 10.6 Å². The van der Waals surface area contributed by atoms with E-state index in [0.717, 1.165) is 5.56 Å². The fourth-order valence-electron chi connectivity index (χ4n) is 4.57. The highest BCUT2D eigenvalue weighted by molar-refractivity contribution is 7.88. The zero-order chi connectivity index (χ0) is 29.1. The Morgan fingerprint density at radius 3 is 2.10 bits per heavy atom. The molecular formula is C30H33Cl2N3O4S. The standard InChI is InChI=1S/C30H33Cl2N3O4S/c1-30(2,3)23-10-8-21(9-11-23)28(36)33-24-5-4-6-25(18-24)34-29(37)22-13-15-35(16-14-22)40(38,39)19-20-7-12-26(31)27(32)17-20/h4-12,17-18,22H,13-16,19H2,1-3H3,(H,33,36)(H,34,37). The van der Waals surface area contributed by atoms with Crippen LogP contribution in [0.3, 0.4) is 0 Å². The van der Waals surface area contributed by atoms with Crippen LogP contribution in [-0.2, 0) is 26.0 Å². The van der Waals surface area contributed by atoms with Crippen LogP contribution in [-0.4, -0.2) is 37.6 Å². The number of nitrogens with zero attached hydrogens (tertiary/aromatic N) is 1. The molecule has 0 spiro atoms. The van der Waals surface area contributed by atoms with Gasteiger partial charge in [-0.1, -0.05) is 68.2 Å². The average molecular weight is 603 g/mol. The molecule has 3 aromatic carbocycles. The average Bonchev–Trinajstić information content (AvgIpc) is 2.90. The summed E-state index contributed by atoms with van der Waals surface area (Å²) in [4.78, 5) is 25.7. The molecule has 0 saturated carbocycles. The predicted molar refractivity (Wildman–Crippen MR) is 162 cm³/mol. The molecule has 3 aromatic rings. The molecule has 0 unspecified atom stereocenters. The van der Waals surface area contributed by atoms with Crippen molar-refractivity contribution in [2.45, 2.75) is 44.8 Å². The number of piperidine rings is 1. The lowest BCUT2D eigenvalue weighted by atomic mass is 9.87. The van der Waals surface area contributed by atoms with Gasteiger partial charge in [-0.05, 0) is 71.8 Å². The number of hydrogen-bond donors (Lipinski definition) is 2. The molecule has 10 heteroatoms. The zero-order valence-corrected chi connectivity index (χ0v) is 25.0. The van der Waals surface area contributed by atoms with Gasteiger partial charge in [-0.3, -0.25) is 9.59 Å². The molecule has 1 fully saturated rings. The number of benzene rings is 3. The number of hydrogen-bond acceptors (Lipinski definition) is 4. The van der Waals surface area contributed by atoms with Crippen LogP contribution in [0.25, 0.3) is 0 Å². The van der Waals surface area contributed by atoms with Crippen LogP contribution in [0.5, 0.6) is 0 Å². The molecule has 1 saturated heterocycles. The number of carbonyl (C=O) groups is 2. The van der Waals surface area contributed by atoms with Gasteiger partial charge in [0, 0.05) is 35.9 Å². The number of nitrogens with one attached hydrogen (secondary N) is 2. The van der Waals surface area contributed by atoms with Crippen molar-refractivity contribution in [1.82, 2.24) is 4.31 Å². The third-order valence-corrected chi connectivity index (χ3v) is 9.54. The van der Waals surface area contributed by atoms with Gasteiger partial charge in [-0.15, -0.1) is 0 Å². The van der Waals surface area contributed by atoms with E-state index >= 15 is 0 Å². The summed E-state index contributed by atoms with van der Waals surface area (Å²) in [5.74, 6) is -0.919. The Kier molecular flexibility index (Phi) is 9.25. The van der Waals surface area contributed by atoms with Crippen molar-refractivity contribution in [2.24, 2.45) is 5.92 Å². The Morgan fingerprint density at radius 1 is 0.875 bits per heavy atom. The summed E-state index contributed by atoms with van der Waals surface area (Å²) in [7, 11) is -3.56. The summed E-state index contributed by atoms with van der Waals surface area (Å²) < 4.78 is 27.3. The van der Waals surface area contributed by atoms with Crippen LogP contribution in [0.15, 0.2) is 66.7 Å². The third kappa shape index (κ3) is 7.63. The fourth-order valence-corrected chi connectivity index (χ4v) is 6.44. The molecule has 40 heavy (non-hydrogen) atoms. The van der Waals surface area contributed by atoms with Crippen LogP contribution >= 0.6 is 23.2 Å². The smallest absolute Gasteiger partial charge is 0.255 e. The van der Waals surface area contributed by atoms with Crippen molar-refractivity contribution in [3.63, 3.8) is 0 Å². The largest absolute Gasteiger partial charge is 0.326 e. The van der Waals surface area contributed by atoms with E-state index in [1.165, 1.54) is 4.31 Å². The van der Waals surface area contributed by atoms with Crippen LogP contribution < -0.4 is 10.6 Å². The van der Waals surface area contributed by atoms with E-state index in [4.69, 9.17) is 23.2 Å². The SMILES string of the molecule is CC(C)(C)c1ccc(C(=O)Nc2cccc(NC(=O)C3CCN(S(=O)(=O)Cc4ccc(Cl)c(Cl)c4)CC3)c2)cc1. The van der Waals surface area contributed by atoms with E-state index in [1.807, 2.05) is 12.1 Å². The highest BCUT2D eigenvalue weighted by atomic mass is 35.5. The van der Waals surface area contributed by atoms with Gasteiger partial charge in [0.25, 0.3) is 5.91 Å². The van der Waals surface area contributed by atoms with Crippen molar-refractivity contribution in [3.8, 4) is 0 Å². The molecule has 7 nitrogen and oxygen atoms in total. The van der Waals surface area contributed by atoms with Gasteiger partial charge in [-0.25, -0.2) is 12.7 Å². The normalized spacial score (nSPS) is 15.0. The molecule has 4 rings (SSSR count). The van der Waals surface area contributed by atoms with E-state index in [2.05, 4.69) is 31.4 Å². The van der Waals surface area contributed by atoms with Crippen LogP contribution in [0, 0.1) is 5.92 Å². The van der Waals surface area contributed by atoms with Gasteiger partial charge in [0.05, 0.1) is 15.8 Å². The van der Waals surface area contributed by atoms with Crippen molar-refractivity contribution in [2.75, 3.05) is 23.7 Å². The number of carbonyl (C=O) groups excluding carboxylic acids is 2. The summed E-state index contributed by atoms with van der Waals surface area (Å²) in [6, 6.07) is 19.3. The van der Waals surface area contributed by atoms with Gasteiger partial charge in [0.15, 0.2) is 0 Å². The molecule has 1 heterocycles. The molecule has 2 N–H and O–H groups in total. The van der Waals surface area contributed by atoms with E-state index in [1.54, 1.807) is 54.6 Å². The van der Waals surface area contributed by atoms with Gasteiger partial charge in [0.1, 0.15) is 0 Å². The molecule has 0 aliphatic carbocycles. The third-order valence-electron chi connectivity index (χ3n) is 6.95. The van der Waals surface area contributed by atoms with E-state index in [0.29, 0.717) is 45.4 Å². The van der Waals surface area contributed by atoms with E-state index < -0.39 is 10.0 Å². The molecule has 0 atom stereocenters. The number of halogens is 2. The molecule has 1 aliphatic heterocycles. The van der Waals surface area contributed by atoms with Crippen molar-refractivity contribution in [1.29, 1.82) is 0 Å². The Morgan fingerprint density at radius 2 is 1.50 bits per heavy atom. The maximum Gasteiger partial charge on any atom is 0.255 e. The van der Waals surface area contributed by atoms with E-state index in [-0.39, 0.29) is 42.0 Å². The van der Waals surface area contributed by atoms with Crippen molar-refractivity contribution >= 4 is 56.4 Å². The first-order valence-electron chi connectivity index (χ1n) is 13.1. The molecule has 0 radical (unpaired) electrons. The first-order valence-corrected chi connectivity index (χ1v) is 15.4. The lowest BCUT2D eigenvalue weighted by Gasteiger charge is -2.30. The second-order valence-electron chi connectivity index (χ2n) is 11.0. The Hall–Kier alpha value is -2.91. The second kappa shape index (κ2) is 12.3. The zero-order valence-electron chi connectivity index (χ0n) is 22.7. The number of rotatable bonds is 7. The minimum absolute atomic E-state index is 0.00136. The maximum atomic E-state index is 13.0. The van der Waals surface area contributed by atoms with Gasteiger partial charge >= 0.3 is 0 Å². The number of sulfonamides is 1. The summed E-state index contributed by atoms with van der Waals surface area (Å²) in [6.07, 6.45) is 0.820. The second-order valence-corrected chi connectivity index (χ2v) is 13.8. The number of anilines is 2. The van der Waals surface area contributed by atoms with E-state index in [9.17, 15) is 18.0 Å². The van der Waals surface area contributed by atoms with Crippen molar-refractivity contribution in [3.05, 3.63) is 93.5 Å². The Labute approximate surface area is 245 Å². The first kappa shape index (κ1) is 30.1. The predicted octanol–water partition coefficient (Wildman–Crippen LogP) is 6.72. The number of amides is 2. The summed E-state index contributed by atoms with van der Waals surface area (Å²) >= 11 is 12.0. The summed E-state index contributed by atoms with van der Waals surface area (Å²) in [5.41, 5.74) is 3.36.